The van der Waals surface area contributed by atoms with Gasteiger partial charge in [0.2, 0.25) is 5.91 Å². The number of hydrogen-bond acceptors (Lipinski definition) is 4. The highest BCUT2D eigenvalue weighted by molar-refractivity contribution is 5.94. The maximum Gasteiger partial charge on any atom is 0.407 e. The summed E-state index contributed by atoms with van der Waals surface area (Å²) in [5, 5.41) is 9.04. The Kier molecular flexibility index (Phi) is 5.89. The number of benzene rings is 1. The molecule has 1 aromatic rings. The molecule has 27 heavy (non-hydrogen) atoms. The van der Waals surface area contributed by atoms with E-state index < -0.39 is 6.09 Å². The van der Waals surface area contributed by atoms with Crippen molar-refractivity contribution in [2.24, 2.45) is 5.92 Å². The second-order valence-corrected chi connectivity index (χ2v) is 7.81. The molecule has 3 rings (SSSR count). The van der Waals surface area contributed by atoms with Crippen molar-refractivity contribution in [3.8, 4) is 0 Å². The summed E-state index contributed by atoms with van der Waals surface area (Å²) in [7, 11) is 6.05. The lowest BCUT2D eigenvalue weighted by molar-refractivity contribution is -0.123. The fourth-order valence-electron chi connectivity index (χ4n) is 4.00. The lowest BCUT2D eigenvalue weighted by atomic mass is 9.95. The minimum atomic E-state index is -0.900. The van der Waals surface area contributed by atoms with Crippen LogP contribution in [-0.4, -0.2) is 80.3 Å². The van der Waals surface area contributed by atoms with Crippen molar-refractivity contribution in [2.75, 3.05) is 57.1 Å². The average Bonchev–Trinajstić information content (AvgIpc) is 3.17. The number of likely N-dealkylation sites (N-methyl/N-ethyl adjacent to an activating group) is 1. The first-order valence-electron chi connectivity index (χ1n) is 9.63. The molecule has 7 nitrogen and oxygen atoms in total. The maximum absolute atomic E-state index is 12.8. The Hall–Kier alpha value is -2.28. The summed E-state index contributed by atoms with van der Waals surface area (Å²) in [5.41, 5.74) is 2.08. The molecule has 2 aliphatic heterocycles. The molecule has 0 radical (unpaired) electrons. The van der Waals surface area contributed by atoms with E-state index in [1.54, 1.807) is 11.9 Å². The fraction of sp³-hybridized carbons (Fsp3) is 0.600. The minimum absolute atomic E-state index is 0.0710. The average molecular weight is 374 g/mol. The summed E-state index contributed by atoms with van der Waals surface area (Å²) < 4.78 is 0. The van der Waals surface area contributed by atoms with Crippen molar-refractivity contribution in [3.05, 3.63) is 24.3 Å². The van der Waals surface area contributed by atoms with Crippen molar-refractivity contribution < 1.29 is 14.7 Å². The lowest BCUT2D eigenvalue weighted by Gasteiger charge is -2.31. The van der Waals surface area contributed by atoms with Gasteiger partial charge in [0.05, 0.1) is 0 Å². The first kappa shape index (κ1) is 19.5. The first-order valence-corrected chi connectivity index (χ1v) is 9.63. The maximum atomic E-state index is 12.8. The number of hydrogen-bond donors (Lipinski definition) is 1. The Balaban J connectivity index is 1.58. The number of carbonyl (C=O) groups excluding carboxylic acids is 1. The number of piperidine rings is 1. The van der Waals surface area contributed by atoms with Crippen LogP contribution in [0.5, 0.6) is 0 Å². The highest BCUT2D eigenvalue weighted by Gasteiger charge is 2.29. The molecule has 1 N–H and O–H groups in total. The van der Waals surface area contributed by atoms with Crippen LogP contribution in [0, 0.1) is 5.92 Å². The van der Waals surface area contributed by atoms with Crippen LogP contribution in [-0.2, 0) is 4.79 Å². The Morgan fingerprint density at radius 1 is 1.00 bits per heavy atom. The normalized spacial score (nSPS) is 21.0. The van der Waals surface area contributed by atoms with Crippen LogP contribution in [0.4, 0.5) is 16.2 Å². The quantitative estimate of drug-likeness (QED) is 0.875. The number of carbonyl (C=O) groups is 2. The molecule has 2 heterocycles. The molecule has 1 atom stereocenters. The minimum Gasteiger partial charge on any atom is -0.465 e. The van der Waals surface area contributed by atoms with Crippen molar-refractivity contribution in [1.29, 1.82) is 0 Å². The first-order chi connectivity index (χ1) is 12.9. The lowest BCUT2D eigenvalue weighted by Crippen LogP contribution is -2.43. The zero-order chi connectivity index (χ0) is 19.6. The molecular weight excluding hydrogens is 344 g/mol. The summed E-state index contributed by atoms with van der Waals surface area (Å²) in [6.45, 7) is 2.95. The van der Waals surface area contributed by atoms with E-state index in [4.69, 9.17) is 5.11 Å². The second-order valence-electron chi connectivity index (χ2n) is 7.81. The van der Waals surface area contributed by atoms with Gasteiger partial charge in [0.1, 0.15) is 0 Å². The van der Waals surface area contributed by atoms with Gasteiger partial charge in [-0.3, -0.25) is 4.79 Å². The summed E-state index contributed by atoms with van der Waals surface area (Å²) in [6.07, 6.45) is 1.45. The molecule has 0 bridgehead atoms. The number of carboxylic acid groups (broad SMARTS) is 1. The number of nitrogens with zero attached hydrogens (tertiary/aromatic N) is 4. The van der Waals surface area contributed by atoms with Crippen LogP contribution in [0.25, 0.3) is 0 Å². The smallest absolute Gasteiger partial charge is 0.407 e. The Morgan fingerprint density at radius 2 is 1.63 bits per heavy atom. The van der Waals surface area contributed by atoms with Gasteiger partial charge in [-0.1, -0.05) is 0 Å². The number of anilines is 2. The van der Waals surface area contributed by atoms with E-state index in [-0.39, 0.29) is 11.8 Å². The molecule has 1 unspecified atom stereocenters. The van der Waals surface area contributed by atoms with E-state index in [1.165, 1.54) is 17.0 Å². The van der Waals surface area contributed by atoms with E-state index in [0.717, 1.165) is 18.8 Å². The van der Waals surface area contributed by atoms with Gasteiger partial charge in [-0.2, -0.15) is 0 Å². The fourth-order valence-corrected chi connectivity index (χ4v) is 4.00. The van der Waals surface area contributed by atoms with Crippen LogP contribution in [0.1, 0.15) is 19.3 Å². The molecule has 2 amide bonds. The van der Waals surface area contributed by atoms with Gasteiger partial charge < -0.3 is 24.7 Å². The van der Waals surface area contributed by atoms with Crippen molar-refractivity contribution in [3.63, 3.8) is 0 Å². The monoisotopic (exact) mass is 374 g/mol. The Morgan fingerprint density at radius 3 is 2.15 bits per heavy atom. The summed E-state index contributed by atoms with van der Waals surface area (Å²) in [5.74, 6) is -0.0358. The Bertz CT molecular complexity index is 668. The third kappa shape index (κ3) is 4.35. The molecule has 0 saturated carbocycles. The molecule has 2 fully saturated rings. The molecule has 148 valence electrons. The zero-order valence-electron chi connectivity index (χ0n) is 16.5. The summed E-state index contributed by atoms with van der Waals surface area (Å²) >= 11 is 0. The predicted octanol–water partition coefficient (Wildman–Crippen LogP) is 2.18. The number of rotatable bonds is 4. The summed E-state index contributed by atoms with van der Waals surface area (Å²) in [6, 6.07) is 8.77. The van der Waals surface area contributed by atoms with Gasteiger partial charge in [-0.05, 0) is 57.6 Å². The number of amides is 2. The summed E-state index contributed by atoms with van der Waals surface area (Å²) in [4.78, 5) is 31.5. The van der Waals surface area contributed by atoms with E-state index >= 15 is 0 Å². The highest BCUT2D eigenvalue weighted by Crippen LogP contribution is 2.27. The second kappa shape index (κ2) is 8.17. The van der Waals surface area contributed by atoms with Gasteiger partial charge in [0.25, 0.3) is 0 Å². The van der Waals surface area contributed by atoms with Crippen LogP contribution < -0.4 is 9.80 Å². The van der Waals surface area contributed by atoms with Gasteiger partial charge in [-0.25, -0.2) is 4.79 Å². The highest BCUT2D eigenvalue weighted by atomic mass is 16.4. The molecular formula is C20H30N4O3. The van der Waals surface area contributed by atoms with E-state index in [2.05, 4.69) is 36.0 Å². The van der Waals surface area contributed by atoms with E-state index in [1.807, 2.05) is 12.1 Å². The van der Waals surface area contributed by atoms with Gasteiger partial charge in [0.15, 0.2) is 0 Å². The molecule has 1 aromatic carbocycles. The van der Waals surface area contributed by atoms with Gasteiger partial charge in [0, 0.05) is 56.6 Å². The van der Waals surface area contributed by atoms with Gasteiger partial charge in [-0.15, -0.1) is 0 Å². The van der Waals surface area contributed by atoms with Crippen molar-refractivity contribution in [2.45, 2.75) is 25.3 Å². The van der Waals surface area contributed by atoms with E-state index in [0.29, 0.717) is 32.0 Å². The van der Waals surface area contributed by atoms with Crippen LogP contribution >= 0.6 is 0 Å². The molecule has 2 aliphatic rings. The third-order valence-electron chi connectivity index (χ3n) is 5.94. The van der Waals surface area contributed by atoms with Crippen LogP contribution in [0.3, 0.4) is 0 Å². The van der Waals surface area contributed by atoms with E-state index in [9.17, 15) is 9.59 Å². The third-order valence-corrected chi connectivity index (χ3v) is 5.94. The SMILES string of the molecule is CN(C(=O)C1CCN(C(=O)O)CC1)c1ccc(N2CCC(N(C)C)C2)cc1. The molecule has 7 heteroatoms. The predicted molar refractivity (Wildman–Crippen MR) is 106 cm³/mol. The Labute approximate surface area is 161 Å². The topological polar surface area (TPSA) is 67.3 Å². The molecule has 0 aliphatic carbocycles. The van der Waals surface area contributed by atoms with Gasteiger partial charge >= 0.3 is 6.09 Å². The van der Waals surface area contributed by atoms with Crippen LogP contribution in [0.15, 0.2) is 24.3 Å². The largest absolute Gasteiger partial charge is 0.465 e. The standard InChI is InChI=1S/C20H30N4O3/c1-21(2)18-10-13-24(14-18)17-6-4-16(5-7-17)22(3)19(25)15-8-11-23(12-9-15)20(26)27/h4-7,15,18H,8-14H2,1-3H3,(H,26,27). The molecule has 0 spiro atoms. The molecule has 0 aromatic heterocycles. The molecule has 2 saturated heterocycles. The van der Waals surface area contributed by atoms with Crippen molar-refractivity contribution >= 4 is 23.4 Å². The van der Waals surface area contributed by atoms with Crippen molar-refractivity contribution in [1.82, 2.24) is 9.80 Å². The zero-order valence-corrected chi connectivity index (χ0v) is 16.5. The number of likely N-dealkylation sites (tertiary alicyclic amines) is 1. The van der Waals surface area contributed by atoms with Crippen LogP contribution in [0.2, 0.25) is 0 Å².